The molecule has 0 amide bonds. The van der Waals surface area contributed by atoms with E-state index in [1.165, 1.54) is 0 Å². The summed E-state index contributed by atoms with van der Waals surface area (Å²) in [5.74, 6) is -1.81. The van der Waals surface area contributed by atoms with Crippen molar-refractivity contribution in [1.82, 2.24) is 0 Å². The van der Waals surface area contributed by atoms with E-state index in [-0.39, 0.29) is 24.2 Å². The van der Waals surface area contributed by atoms with Crippen LogP contribution in [0.5, 0.6) is 5.75 Å². The molecule has 1 fully saturated rings. The average molecular weight is 328 g/mol. The Morgan fingerprint density at radius 3 is 2.54 bits per heavy atom. The van der Waals surface area contributed by atoms with Crippen LogP contribution in [0, 0.1) is 17.7 Å². The van der Waals surface area contributed by atoms with Crippen LogP contribution in [0.3, 0.4) is 0 Å². The third-order valence-electron chi connectivity index (χ3n) is 4.65. The zero-order chi connectivity index (χ0) is 17.1. The van der Waals surface area contributed by atoms with Crippen molar-refractivity contribution in [2.75, 3.05) is 0 Å². The maximum Gasteiger partial charge on any atom is 0.306 e. The van der Waals surface area contributed by atoms with Gasteiger partial charge in [0.1, 0.15) is 6.61 Å². The lowest BCUT2D eigenvalue weighted by Crippen LogP contribution is -2.21. The van der Waals surface area contributed by atoms with Gasteiger partial charge in [0.05, 0.1) is 5.92 Å². The number of hydrogen-bond donors (Lipinski definition) is 1. The summed E-state index contributed by atoms with van der Waals surface area (Å²) in [6, 6.07) is 14.6. The predicted molar refractivity (Wildman–Crippen MR) is 89.4 cm³/mol. The minimum atomic E-state index is -0.887. The fraction of sp³-hybridized carbons (Fsp3) is 0.350. The highest BCUT2D eigenvalue weighted by molar-refractivity contribution is 5.71. The molecule has 2 atom stereocenters. The van der Waals surface area contributed by atoms with Crippen LogP contribution in [-0.4, -0.2) is 11.1 Å². The van der Waals surface area contributed by atoms with Crippen LogP contribution in [0.1, 0.15) is 36.8 Å². The number of carboxylic acid groups (broad SMARTS) is 1. The molecule has 2 aromatic rings. The average Bonchev–Trinajstić information content (AvgIpc) is 3.41. The van der Waals surface area contributed by atoms with E-state index >= 15 is 0 Å². The van der Waals surface area contributed by atoms with Gasteiger partial charge in [-0.25, -0.2) is 4.39 Å². The Balaban J connectivity index is 1.83. The topological polar surface area (TPSA) is 46.5 Å². The molecule has 0 aliphatic heterocycles. The summed E-state index contributed by atoms with van der Waals surface area (Å²) in [7, 11) is 0. The van der Waals surface area contributed by atoms with E-state index < -0.39 is 17.7 Å². The number of carbonyl (C=O) groups is 1. The monoisotopic (exact) mass is 328 g/mol. The molecule has 0 spiro atoms. The van der Waals surface area contributed by atoms with Crippen molar-refractivity contribution in [3.63, 3.8) is 0 Å². The number of rotatable bonds is 7. The molecule has 4 heteroatoms. The Kier molecular flexibility index (Phi) is 4.84. The van der Waals surface area contributed by atoms with Crippen molar-refractivity contribution in [1.29, 1.82) is 0 Å². The second kappa shape index (κ2) is 7.04. The summed E-state index contributed by atoms with van der Waals surface area (Å²) >= 11 is 0. The van der Waals surface area contributed by atoms with Crippen molar-refractivity contribution >= 4 is 5.97 Å². The molecule has 3 rings (SSSR count). The van der Waals surface area contributed by atoms with E-state index in [2.05, 4.69) is 0 Å². The summed E-state index contributed by atoms with van der Waals surface area (Å²) in [5, 5.41) is 9.35. The molecule has 126 valence electrons. The fourth-order valence-corrected chi connectivity index (χ4v) is 3.17. The van der Waals surface area contributed by atoms with Crippen LogP contribution in [-0.2, 0) is 11.4 Å². The second-order valence-corrected chi connectivity index (χ2v) is 6.42. The van der Waals surface area contributed by atoms with E-state index in [0.717, 1.165) is 18.4 Å². The van der Waals surface area contributed by atoms with Crippen molar-refractivity contribution in [2.45, 2.75) is 32.3 Å². The second-order valence-electron chi connectivity index (χ2n) is 6.42. The summed E-state index contributed by atoms with van der Waals surface area (Å²) < 4.78 is 20.6. The molecule has 2 aromatic carbocycles. The van der Waals surface area contributed by atoms with Crippen molar-refractivity contribution in [3.8, 4) is 5.75 Å². The highest BCUT2D eigenvalue weighted by atomic mass is 19.1. The van der Waals surface area contributed by atoms with Crippen LogP contribution in [0.15, 0.2) is 48.5 Å². The van der Waals surface area contributed by atoms with Gasteiger partial charge in [-0.1, -0.05) is 49.4 Å². The molecule has 3 nitrogen and oxygen atoms in total. The highest BCUT2D eigenvalue weighted by Crippen LogP contribution is 2.48. The maximum atomic E-state index is 14.9. The summed E-state index contributed by atoms with van der Waals surface area (Å²) in [4.78, 5) is 11.4. The van der Waals surface area contributed by atoms with E-state index in [1.807, 2.05) is 30.3 Å². The molecule has 0 radical (unpaired) electrons. The summed E-state index contributed by atoms with van der Waals surface area (Å²) in [6.07, 6.45) is 1.91. The molecule has 1 aliphatic carbocycles. The van der Waals surface area contributed by atoms with Gasteiger partial charge in [0.15, 0.2) is 11.6 Å². The molecular formula is C20H21FO3. The molecular weight excluding hydrogens is 307 g/mol. The first-order chi connectivity index (χ1) is 11.6. The van der Waals surface area contributed by atoms with Gasteiger partial charge in [0.25, 0.3) is 0 Å². The van der Waals surface area contributed by atoms with E-state index in [9.17, 15) is 14.3 Å². The SMILES string of the molecule is CC(C(=O)O)C(c1cccc(OCc2ccccc2)c1F)C1CC1. The standard InChI is InChI=1S/C20H21FO3/c1-13(20(22)23)18(15-10-11-15)16-8-5-9-17(19(16)21)24-12-14-6-3-2-4-7-14/h2-9,13,15,18H,10-12H2,1H3,(H,22,23). The Labute approximate surface area is 141 Å². The van der Waals surface area contributed by atoms with Crippen LogP contribution in [0.4, 0.5) is 4.39 Å². The quantitative estimate of drug-likeness (QED) is 0.807. The number of hydrogen-bond acceptors (Lipinski definition) is 2. The number of benzene rings is 2. The van der Waals surface area contributed by atoms with Crippen LogP contribution in [0.2, 0.25) is 0 Å². The zero-order valence-corrected chi connectivity index (χ0v) is 13.6. The Morgan fingerprint density at radius 2 is 1.92 bits per heavy atom. The van der Waals surface area contributed by atoms with Gasteiger partial charge in [-0.15, -0.1) is 0 Å². The van der Waals surface area contributed by atoms with Gasteiger partial charge in [-0.2, -0.15) is 0 Å². The first-order valence-corrected chi connectivity index (χ1v) is 8.26. The van der Waals surface area contributed by atoms with Crippen molar-refractivity contribution < 1.29 is 19.0 Å². The fourth-order valence-electron chi connectivity index (χ4n) is 3.17. The molecule has 1 aliphatic rings. The van der Waals surface area contributed by atoms with Crippen molar-refractivity contribution in [2.24, 2.45) is 11.8 Å². The number of carboxylic acids is 1. The Morgan fingerprint density at radius 1 is 1.21 bits per heavy atom. The lowest BCUT2D eigenvalue weighted by Gasteiger charge is -2.22. The third-order valence-corrected chi connectivity index (χ3v) is 4.65. The van der Waals surface area contributed by atoms with Gasteiger partial charge in [-0.05, 0) is 36.0 Å². The van der Waals surface area contributed by atoms with Crippen LogP contribution in [0.25, 0.3) is 0 Å². The Bertz CT molecular complexity index is 710. The minimum absolute atomic E-state index is 0.180. The summed E-state index contributed by atoms with van der Waals surface area (Å²) in [6.45, 7) is 1.94. The van der Waals surface area contributed by atoms with E-state index in [1.54, 1.807) is 25.1 Å². The smallest absolute Gasteiger partial charge is 0.306 e. The molecule has 1 saturated carbocycles. The minimum Gasteiger partial charge on any atom is -0.486 e. The molecule has 0 saturated heterocycles. The van der Waals surface area contributed by atoms with E-state index in [0.29, 0.717) is 5.56 Å². The largest absolute Gasteiger partial charge is 0.486 e. The third kappa shape index (κ3) is 3.58. The number of aliphatic carboxylic acids is 1. The van der Waals surface area contributed by atoms with Gasteiger partial charge in [-0.3, -0.25) is 4.79 Å². The molecule has 0 bridgehead atoms. The maximum absolute atomic E-state index is 14.9. The number of halogens is 1. The van der Waals surface area contributed by atoms with Crippen LogP contribution < -0.4 is 4.74 Å². The summed E-state index contributed by atoms with van der Waals surface area (Å²) in [5.41, 5.74) is 1.41. The normalized spacial score (nSPS) is 16.4. The first kappa shape index (κ1) is 16.5. The van der Waals surface area contributed by atoms with Gasteiger partial charge < -0.3 is 9.84 Å². The highest BCUT2D eigenvalue weighted by Gasteiger charge is 2.40. The molecule has 0 aromatic heterocycles. The van der Waals surface area contributed by atoms with Crippen molar-refractivity contribution in [3.05, 3.63) is 65.5 Å². The van der Waals surface area contributed by atoms with Crippen LogP contribution >= 0.6 is 0 Å². The van der Waals surface area contributed by atoms with Gasteiger partial charge in [0, 0.05) is 5.92 Å². The number of ether oxygens (including phenoxy) is 1. The molecule has 2 unspecified atom stereocenters. The van der Waals surface area contributed by atoms with Gasteiger partial charge in [0.2, 0.25) is 0 Å². The molecule has 0 heterocycles. The predicted octanol–water partition coefficient (Wildman–Crippen LogP) is 4.62. The first-order valence-electron chi connectivity index (χ1n) is 8.26. The lowest BCUT2D eigenvalue weighted by molar-refractivity contribution is -0.142. The lowest BCUT2D eigenvalue weighted by atomic mass is 9.83. The molecule has 1 N–H and O–H groups in total. The van der Waals surface area contributed by atoms with Gasteiger partial charge >= 0.3 is 5.97 Å². The Hall–Kier alpha value is -2.36. The molecule has 24 heavy (non-hydrogen) atoms. The van der Waals surface area contributed by atoms with E-state index in [4.69, 9.17) is 4.74 Å². The zero-order valence-electron chi connectivity index (χ0n) is 13.6.